The molecule has 0 aromatic heterocycles. The predicted molar refractivity (Wildman–Crippen MR) is 93.7 cm³/mol. The Morgan fingerprint density at radius 3 is 2.33 bits per heavy atom. The van der Waals surface area contributed by atoms with E-state index >= 15 is 0 Å². The largest absolute Gasteiger partial charge is 0.464 e. The van der Waals surface area contributed by atoms with Gasteiger partial charge in [-0.05, 0) is 12.0 Å². The van der Waals surface area contributed by atoms with Gasteiger partial charge in [0.1, 0.15) is 6.61 Å². The molecule has 0 amide bonds. The number of hydrogen-bond acceptors (Lipinski definition) is 5. The van der Waals surface area contributed by atoms with Crippen LogP contribution in [0.25, 0.3) is 0 Å². The van der Waals surface area contributed by atoms with Crippen LogP contribution < -0.4 is 0 Å². The van der Waals surface area contributed by atoms with Gasteiger partial charge < -0.3 is 9.57 Å². The van der Waals surface area contributed by atoms with Crippen molar-refractivity contribution in [2.24, 2.45) is 5.16 Å². The van der Waals surface area contributed by atoms with Crippen LogP contribution in [0.4, 0.5) is 0 Å². The van der Waals surface area contributed by atoms with Crippen LogP contribution >= 0.6 is 0 Å². The maximum Gasteiger partial charge on any atom is 0.363 e. The quantitative estimate of drug-likeness (QED) is 0.190. The first-order chi connectivity index (χ1) is 11.7. The van der Waals surface area contributed by atoms with Crippen LogP contribution in [0.1, 0.15) is 57.4 Å². The van der Waals surface area contributed by atoms with Crippen LogP contribution in [0.15, 0.2) is 35.5 Å². The summed E-state index contributed by atoms with van der Waals surface area (Å²) in [6.07, 6.45) is 6.71. The van der Waals surface area contributed by atoms with Crippen LogP contribution in [0, 0.1) is 0 Å². The van der Waals surface area contributed by atoms with Gasteiger partial charge in [-0.25, -0.2) is 4.79 Å². The summed E-state index contributed by atoms with van der Waals surface area (Å²) >= 11 is 0. The predicted octanol–water partition coefficient (Wildman–Crippen LogP) is 4.05. The average Bonchev–Trinajstić information content (AvgIpc) is 2.61. The van der Waals surface area contributed by atoms with E-state index in [1.807, 2.05) is 30.3 Å². The third-order valence-corrected chi connectivity index (χ3v) is 3.63. The van der Waals surface area contributed by atoms with Crippen LogP contribution in [0.5, 0.6) is 0 Å². The molecule has 0 saturated heterocycles. The molecule has 132 valence electrons. The van der Waals surface area contributed by atoms with Crippen molar-refractivity contribution in [3.8, 4) is 0 Å². The Kier molecular flexibility index (Phi) is 10.2. The lowest BCUT2D eigenvalue weighted by molar-refractivity contribution is -0.133. The van der Waals surface area contributed by atoms with E-state index in [4.69, 9.17) is 4.84 Å². The van der Waals surface area contributed by atoms with Crippen LogP contribution in [0.3, 0.4) is 0 Å². The number of carbonyl (C=O) groups is 2. The molecule has 0 spiro atoms. The van der Waals surface area contributed by atoms with Gasteiger partial charge in [-0.3, -0.25) is 4.79 Å². The number of rotatable bonds is 12. The van der Waals surface area contributed by atoms with Crippen molar-refractivity contribution in [2.45, 2.75) is 58.5 Å². The second-order valence-corrected chi connectivity index (χ2v) is 5.63. The molecule has 1 aromatic rings. The molecule has 0 radical (unpaired) electrons. The molecule has 0 aliphatic rings. The van der Waals surface area contributed by atoms with Gasteiger partial charge in [0, 0.05) is 6.42 Å². The van der Waals surface area contributed by atoms with Gasteiger partial charge in [0.2, 0.25) is 5.71 Å². The van der Waals surface area contributed by atoms with Gasteiger partial charge in [-0.15, -0.1) is 0 Å². The minimum absolute atomic E-state index is 0.200. The third-order valence-electron chi connectivity index (χ3n) is 3.63. The Hall–Kier alpha value is -2.17. The highest BCUT2D eigenvalue weighted by Gasteiger charge is 2.21. The first kappa shape index (κ1) is 19.9. The van der Waals surface area contributed by atoms with Gasteiger partial charge in [0.15, 0.2) is 5.78 Å². The normalized spacial score (nSPS) is 11.2. The summed E-state index contributed by atoms with van der Waals surface area (Å²) in [6, 6.07) is 9.42. The van der Waals surface area contributed by atoms with Crippen molar-refractivity contribution >= 4 is 17.5 Å². The molecule has 0 fully saturated rings. The monoisotopic (exact) mass is 333 g/mol. The number of nitrogens with zero attached hydrogens (tertiary/aromatic N) is 1. The van der Waals surface area contributed by atoms with Gasteiger partial charge >= 0.3 is 5.97 Å². The summed E-state index contributed by atoms with van der Waals surface area (Å²) in [5, 5.41) is 3.71. The molecule has 5 nitrogen and oxygen atoms in total. The number of methoxy groups -OCH3 is 1. The van der Waals surface area contributed by atoms with Crippen molar-refractivity contribution in [3.05, 3.63) is 35.9 Å². The number of Topliss-reactive ketones (excluding diaryl/α,β-unsaturated/α-hetero) is 1. The number of ether oxygens (including phenoxy) is 1. The fraction of sp³-hybridized carbons (Fsp3) is 0.526. The van der Waals surface area contributed by atoms with Gasteiger partial charge in [0.05, 0.1) is 7.11 Å². The van der Waals surface area contributed by atoms with Gasteiger partial charge in [-0.1, -0.05) is 74.5 Å². The highest BCUT2D eigenvalue weighted by atomic mass is 16.6. The van der Waals surface area contributed by atoms with Crippen LogP contribution in [-0.4, -0.2) is 24.6 Å². The fourth-order valence-electron chi connectivity index (χ4n) is 2.23. The molecule has 0 N–H and O–H groups in total. The van der Waals surface area contributed by atoms with E-state index in [0.29, 0.717) is 0 Å². The molecular formula is C19H27NO4. The number of hydrogen-bond donors (Lipinski definition) is 0. The first-order valence-corrected chi connectivity index (χ1v) is 8.54. The SMILES string of the molecule is CCCCCCCCC(=O)/C(=N/OCc1ccccc1)C(=O)OC. The van der Waals surface area contributed by atoms with E-state index in [-0.39, 0.29) is 24.5 Å². The van der Waals surface area contributed by atoms with Gasteiger partial charge in [-0.2, -0.15) is 0 Å². The number of esters is 1. The zero-order valence-electron chi connectivity index (χ0n) is 14.6. The smallest absolute Gasteiger partial charge is 0.363 e. The summed E-state index contributed by atoms with van der Waals surface area (Å²) in [6.45, 7) is 2.36. The molecule has 1 aromatic carbocycles. The average molecular weight is 333 g/mol. The molecule has 0 saturated carbocycles. The summed E-state index contributed by atoms with van der Waals surface area (Å²) < 4.78 is 4.63. The van der Waals surface area contributed by atoms with E-state index in [1.54, 1.807) is 0 Å². The second kappa shape index (κ2) is 12.3. The molecule has 0 atom stereocenters. The number of carbonyl (C=O) groups excluding carboxylic acids is 2. The number of benzene rings is 1. The maximum absolute atomic E-state index is 12.2. The fourth-order valence-corrected chi connectivity index (χ4v) is 2.23. The molecule has 0 heterocycles. The molecule has 0 bridgehead atoms. The second-order valence-electron chi connectivity index (χ2n) is 5.63. The van der Waals surface area contributed by atoms with E-state index in [0.717, 1.165) is 24.8 Å². The molecular weight excluding hydrogens is 306 g/mol. The Morgan fingerprint density at radius 2 is 1.67 bits per heavy atom. The zero-order chi connectivity index (χ0) is 17.6. The van der Waals surface area contributed by atoms with Crippen molar-refractivity contribution in [1.29, 1.82) is 0 Å². The van der Waals surface area contributed by atoms with Crippen molar-refractivity contribution in [2.75, 3.05) is 7.11 Å². The molecule has 1 rings (SSSR count). The van der Waals surface area contributed by atoms with Crippen molar-refractivity contribution < 1.29 is 19.2 Å². The highest BCUT2D eigenvalue weighted by Crippen LogP contribution is 2.08. The molecule has 5 heteroatoms. The maximum atomic E-state index is 12.2. The van der Waals surface area contributed by atoms with E-state index in [9.17, 15) is 9.59 Å². The lowest BCUT2D eigenvalue weighted by atomic mass is 10.1. The zero-order valence-corrected chi connectivity index (χ0v) is 14.6. The lowest BCUT2D eigenvalue weighted by Gasteiger charge is -2.05. The number of oxime groups is 1. The van der Waals surface area contributed by atoms with E-state index in [2.05, 4.69) is 16.8 Å². The summed E-state index contributed by atoms with van der Waals surface area (Å²) in [4.78, 5) is 29.0. The van der Waals surface area contributed by atoms with E-state index < -0.39 is 5.97 Å². The Labute approximate surface area is 144 Å². The molecule has 0 aliphatic heterocycles. The molecule has 0 aliphatic carbocycles. The molecule has 24 heavy (non-hydrogen) atoms. The molecule has 0 unspecified atom stereocenters. The Balaban J connectivity index is 2.46. The minimum Gasteiger partial charge on any atom is -0.464 e. The van der Waals surface area contributed by atoms with Gasteiger partial charge in [0.25, 0.3) is 0 Å². The number of ketones is 1. The van der Waals surface area contributed by atoms with Crippen molar-refractivity contribution in [3.63, 3.8) is 0 Å². The minimum atomic E-state index is -0.751. The van der Waals surface area contributed by atoms with Crippen LogP contribution in [-0.2, 0) is 25.8 Å². The standard InChI is InChI=1S/C19H27NO4/c1-3-4-5-6-7-11-14-17(21)18(19(22)23-2)20-24-15-16-12-9-8-10-13-16/h8-10,12-13H,3-7,11,14-15H2,1-2H3/b20-18-. The Bertz CT molecular complexity index is 525. The van der Waals surface area contributed by atoms with Crippen molar-refractivity contribution in [1.82, 2.24) is 0 Å². The van der Waals surface area contributed by atoms with Crippen LogP contribution in [0.2, 0.25) is 0 Å². The van der Waals surface area contributed by atoms with E-state index in [1.165, 1.54) is 26.4 Å². The summed E-state index contributed by atoms with van der Waals surface area (Å²) in [7, 11) is 1.23. The topological polar surface area (TPSA) is 65.0 Å². The first-order valence-electron chi connectivity index (χ1n) is 8.54. The Morgan fingerprint density at radius 1 is 1.00 bits per heavy atom. The highest BCUT2D eigenvalue weighted by molar-refractivity contribution is 6.64. The summed E-state index contributed by atoms with van der Waals surface area (Å²) in [5.74, 6) is -1.08. The number of unbranched alkanes of at least 4 members (excludes halogenated alkanes) is 5. The summed E-state index contributed by atoms with van der Waals surface area (Å²) in [5.41, 5.74) is 0.649. The third kappa shape index (κ3) is 7.90. The lowest BCUT2D eigenvalue weighted by Crippen LogP contribution is -2.25.